The van der Waals surface area contributed by atoms with Crippen LogP contribution in [0, 0.1) is 0 Å². The predicted molar refractivity (Wildman–Crippen MR) is 119 cm³/mol. The molecule has 0 spiro atoms. The van der Waals surface area contributed by atoms with Crippen molar-refractivity contribution in [3.05, 3.63) is 59.4 Å². The zero-order valence-electron chi connectivity index (χ0n) is 18.0. The molecule has 0 aliphatic heterocycles. The van der Waals surface area contributed by atoms with Crippen LogP contribution in [0.3, 0.4) is 0 Å². The number of carbonyl (C=O) groups is 1. The summed E-state index contributed by atoms with van der Waals surface area (Å²) >= 11 is 0. The molecule has 3 heteroatoms. The molecule has 2 heterocycles. The summed E-state index contributed by atoms with van der Waals surface area (Å²) in [4.78, 5) is 19.1. The van der Waals surface area contributed by atoms with E-state index in [2.05, 4.69) is 75.8 Å². The van der Waals surface area contributed by atoms with Crippen molar-refractivity contribution in [2.75, 3.05) is 0 Å². The molecule has 0 atom stereocenters. The topological polar surface area (TPSA) is 45.8 Å². The first kappa shape index (κ1) is 20.1. The van der Waals surface area contributed by atoms with Crippen molar-refractivity contribution in [2.45, 2.75) is 59.3 Å². The lowest BCUT2D eigenvalue weighted by Gasteiger charge is -2.26. The summed E-state index contributed by atoms with van der Waals surface area (Å²) in [6, 6.07) is 9.03. The summed E-state index contributed by atoms with van der Waals surface area (Å²) in [5.74, 6) is 0.0335. The van der Waals surface area contributed by atoms with Gasteiger partial charge in [-0.3, -0.25) is 4.79 Å². The number of aromatic amines is 1. The summed E-state index contributed by atoms with van der Waals surface area (Å²) in [7, 11) is 0. The maximum atomic E-state index is 11.3. The largest absolute Gasteiger partial charge is 0.346 e. The summed E-state index contributed by atoms with van der Waals surface area (Å²) in [5, 5.41) is 1.02. The first-order valence-electron chi connectivity index (χ1n) is 9.77. The van der Waals surface area contributed by atoms with Crippen LogP contribution in [0.25, 0.3) is 28.2 Å². The summed E-state index contributed by atoms with van der Waals surface area (Å²) < 4.78 is 0. The minimum atomic E-state index is 0.0335. The van der Waals surface area contributed by atoms with Gasteiger partial charge in [-0.15, -0.1) is 0 Å². The summed E-state index contributed by atoms with van der Waals surface area (Å²) in [6.07, 6.45) is 7.25. The standard InChI is InChI=1S/C25H30N2O/c1-16(28)8-9-17-14-26-23-22(17)12-19(15-27-23)18-10-20(24(2,3)4)13-21(11-18)25(5,6)7/h8-15H,1-7H3,(H,26,27)/b9-8+. The van der Waals surface area contributed by atoms with Gasteiger partial charge in [-0.2, -0.15) is 0 Å². The Balaban J connectivity index is 2.18. The highest BCUT2D eigenvalue weighted by Gasteiger charge is 2.21. The van der Waals surface area contributed by atoms with Gasteiger partial charge in [-0.05, 0) is 52.7 Å². The zero-order chi connectivity index (χ0) is 20.7. The monoisotopic (exact) mass is 374 g/mol. The molecule has 1 aromatic carbocycles. The first-order chi connectivity index (χ1) is 12.9. The summed E-state index contributed by atoms with van der Waals surface area (Å²) in [5.41, 5.74) is 6.84. The van der Waals surface area contributed by atoms with E-state index >= 15 is 0 Å². The minimum Gasteiger partial charge on any atom is -0.346 e. The average Bonchev–Trinajstić information content (AvgIpc) is 3.00. The molecule has 3 nitrogen and oxygen atoms in total. The third-order valence-corrected chi connectivity index (χ3v) is 5.06. The van der Waals surface area contributed by atoms with E-state index in [0.717, 1.165) is 22.2 Å². The van der Waals surface area contributed by atoms with Gasteiger partial charge in [0.25, 0.3) is 0 Å². The molecule has 1 N–H and O–H groups in total. The average molecular weight is 375 g/mol. The van der Waals surface area contributed by atoms with Crippen molar-refractivity contribution >= 4 is 22.9 Å². The van der Waals surface area contributed by atoms with E-state index in [0.29, 0.717) is 0 Å². The molecule has 146 valence electrons. The fourth-order valence-corrected chi connectivity index (χ4v) is 3.19. The number of aromatic nitrogens is 2. The Kier molecular flexibility index (Phi) is 5.05. The van der Waals surface area contributed by atoms with Gasteiger partial charge in [0.1, 0.15) is 5.65 Å². The van der Waals surface area contributed by atoms with Gasteiger partial charge in [0, 0.05) is 28.9 Å². The Morgan fingerprint density at radius 2 is 1.54 bits per heavy atom. The molecule has 0 fully saturated rings. The molecular formula is C25H30N2O. The number of nitrogens with one attached hydrogen (secondary N) is 1. The number of rotatable bonds is 3. The molecule has 28 heavy (non-hydrogen) atoms. The molecule has 0 unspecified atom stereocenters. The van der Waals surface area contributed by atoms with Gasteiger partial charge in [-0.1, -0.05) is 59.7 Å². The molecule has 3 rings (SSSR count). The number of pyridine rings is 1. The van der Waals surface area contributed by atoms with E-state index in [-0.39, 0.29) is 16.6 Å². The maximum absolute atomic E-state index is 11.3. The Bertz CT molecular complexity index is 1020. The van der Waals surface area contributed by atoms with E-state index < -0.39 is 0 Å². The van der Waals surface area contributed by atoms with Gasteiger partial charge in [0.15, 0.2) is 5.78 Å². The van der Waals surface area contributed by atoms with Crippen LogP contribution in [0.2, 0.25) is 0 Å². The highest BCUT2D eigenvalue weighted by Crippen LogP contribution is 2.34. The van der Waals surface area contributed by atoms with Crippen LogP contribution < -0.4 is 0 Å². The molecule has 0 aliphatic rings. The van der Waals surface area contributed by atoms with Crippen LogP contribution in [-0.2, 0) is 15.6 Å². The molecule has 2 aromatic heterocycles. The van der Waals surface area contributed by atoms with Crippen molar-refractivity contribution in [1.29, 1.82) is 0 Å². The van der Waals surface area contributed by atoms with Crippen molar-refractivity contribution in [3.8, 4) is 11.1 Å². The van der Waals surface area contributed by atoms with Gasteiger partial charge in [0.2, 0.25) is 0 Å². The third kappa shape index (κ3) is 4.24. The van der Waals surface area contributed by atoms with Crippen molar-refractivity contribution in [3.63, 3.8) is 0 Å². The molecule has 0 saturated carbocycles. The molecule has 0 amide bonds. The van der Waals surface area contributed by atoms with Gasteiger partial charge < -0.3 is 4.98 Å². The Labute approximate surface area is 167 Å². The van der Waals surface area contributed by atoms with E-state index in [1.807, 2.05) is 18.5 Å². The van der Waals surface area contributed by atoms with Crippen molar-refractivity contribution < 1.29 is 4.79 Å². The van der Waals surface area contributed by atoms with E-state index in [1.54, 1.807) is 13.0 Å². The number of ketones is 1. The fraction of sp³-hybridized carbons (Fsp3) is 0.360. The predicted octanol–water partition coefficient (Wildman–Crippen LogP) is 6.43. The minimum absolute atomic E-state index is 0.0335. The second-order valence-electron chi connectivity index (χ2n) is 9.61. The molecule has 0 aliphatic carbocycles. The van der Waals surface area contributed by atoms with E-state index in [4.69, 9.17) is 0 Å². The van der Waals surface area contributed by atoms with Crippen LogP contribution in [0.15, 0.2) is 42.7 Å². The highest BCUT2D eigenvalue weighted by atomic mass is 16.1. The number of H-pyrrole nitrogens is 1. The number of hydrogen-bond donors (Lipinski definition) is 1. The van der Waals surface area contributed by atoms with Crippen molar-refractivity contribution in [1.82, 2.24) is 9.97 Å². The SMILES string of the molecule is CC(=O)/C=C/c1c[nH]c2ncc(-c3cc(C(C)(C)C)cc(C(C)(C)C)c3)cc12. The lowest BCUT2D eigenvalue weighted by Crippen LogP contribution is -2.16. The van der Waals surface area contributed by atoms with Gasteiger partial charge >= 0.3 is 0 Å². The lowest BCUT2D eigenvalue weighted by atomic mass is 9.79. The quantitative estimate of drug-likeness (QED) is 0.537. The number of hydrogen-bond acceptors (Lipinski definition) is 2. The number of nitrogens with zero attached hydrogens (tertiary/aromatic N) is 1. The van der Waals surface area contributed by atoms with Crippen LogP contribution in [-0.4, -0.2) is 15.8 Å². The van der Waals surface area contributed by atoms with Crippen LogP contribution in [0.1, 0.15) is 65.2 Å². The lowest BCUT2D eigenvalue weighted by molar-refractivity contribution is -0.112. The Hall–Kier alpha value is -2.68. The smallest absolute Gasteiger partial charge is 0.152 e. The third-order valence-electron chi connectivity index (χ3n) is 5.06. The number of benzene rings is 1. The number of fused-ring (bicyclic) bond motifs is 1. The van der Waals surface area contributed by atoms with Crippen molar-refractivity contribution in [2.24, 2.45) is 0 Å². The molecule has 0 bridgehead atoms. The second kappa shape index (κ2) is 7.05. The van der Waals surface area contributed by atoms with Gasteiger partial charge in [0.05, 0.1) is 0 Å². The van der Waals surface area contributed by atoms with E-state index in [9.17, 15) is 4.79 Å². The molecule has 0 saturated heterocycles. The second-order valence-corrected chi connectivity index (χ2v) is 9.61. The maximum Gasteiger partial charge on any atom is 0.152 e. The molecular weight excluding hydrogens is 344 g/mol. The van der Waals surface area contributed by atoms with Crippen LogP contribution >= 0.6 is 0 Å². The molecule has 3 aromatic rings. The number of allylic oxidation sites excluding steroid dienone is 1. The van der Waals surface area contributed by atoms with Crippen LogP contribution in [0.5, 0.6) is 0 Å². The fourth-order valence-electron chi connectivity index (χ4n) is 3.19. The molecule has 0 radical (unpaired) electrons. The van der Waals surface area contributed by atoms with Gasteiger partial charge in [-0.25, -0.2) is 4.98 Å². The van der Waals surface area contributed by atoms with Crippen LogP contribution in [0.4, 0.5) is 0 Å². The first-order valence-corrected chi connectivity index (χ1v) is 9.77. The summed E-state index contributed by atoms with van der Waals surface area (Å²) in [6.45, 7) is 15.0. The Morgan fingerprint density at radius 1 is 0.929 bits per heavy atom. The number of carbonyl (C=O) groups excluding carboxylic acids is 1. The normalized spacial score (nSPS) is 12.8. The zero-order valence-corrected chi connectivity index (χ0v) is 18.0. The highest BCUT2D eigenvalue weighted by molar-refractivity contribution is 5.96. The Morgan fingerprint density at radius 3 is 2.07 bits per heavy atom. The van der Waals surface area contributed by atoms with E-state index in [1.165, 1.54) is 16.7 Å².